The van der Waals surface area contributed by atoms with Crippen molar-refractivity contribution >= 4 is 11.8 Å². The zero-order chi connectivity index (χ0) is 25.9. The molecule has 0 saturated carbocycles. The normalized spacial score (nSPS) is 44.4. The second-order valence-corrected chi connectivity index (χ2v) is 10.6. The Morgan fingerprint density at radius 3 is 2.09 bits per heavy atom. The van der Waals surface area contributed by atoms with Crippen molar-refractivity contribution in [2.24, 2.45) is 23.7 Å². The minimum absolute atomic E-state index is 0.188. The van der Waals surface area contributed by atoms with Crippen LogP contribution in [0.1, 0.15) is 75.2 Å². The van der Waals surface area contributed by atoms with Gasteiger partial charge < -0.3 is 29.5 Å². The molecule has 0 aromatic carbocycles. The van der Waals surface area contributed by atoms with Crippen LogP contribution in [0.2, 0.25) is 0 Å². The minimum atomic E-state index is -1.85. The molecule has 1 saturated heterocycles. The lowest BCUT2D eigenvalue weighted by atomic mass is 9.74. The molecule has 1 rings (SSSR count). The summed E-state index contributed by atoms with van der Waals surface area (Å²) in [4.78, 5) is 26.2. The van der Waals surface area contributed by atoms with Gasteiger partial charge in [0.05, 0.1) is 35.9 Å². The van der Waals surface area contributed by atoms with E-state index in [4.69, 9.17) is 14.2 Å². The number of carbonyl (C=O) groups excluding carboxylic acids is 2. The van der Waals surface area contributed by atoms with Crippen molar-refractivity contribution in [3.8, 4) is 0 Å². The van der Waals surface area contributed by atoms with Crippen molar-refractivity contribution in [3.63, 3.8) is 0 Å². The molecule has 1 aliphatic rings. The molecule has 0 amide bonds. The Kier molecular flexibility index (Phi) is 10.5. The van der Waals surface area contributed by atoms with Crippen molar-refractivity contribution in [1.82, 2.24) is 0 Å². The monoisotopic (exact) mass is 474 g/mol. The van der Waals surface area contributed by atoms with E-state index in [1.807, 2.05) is 20.8 Å². The van der Waals surface area contributed by atoms with Gasteiger partial charge in [-0.3, -0.25) is 9.59 Å². The van der Waals surface area contributed by atoms with Crippen LogP contribution in [0.5, 0.6) is 0 Å². The summed E-state index contributed by atoms with van der Waals surface area (Å²) in [5.74, 6) is -3.82. The topological polar surface area (TPSA) is 123 Å². The van der Waals surface area contributed by atoms with Crippen molar-refractivity contribution in [1.29, 1.82) is 0 Å². The maximum Gasteiger partial charge on any atom is 0.311 e. The fourth-order valence-corrected chi connectivity index (χ4v) is 5.08. The van der Waals surface area contributed by atoms with Crippen molar-refractivity contribution in [3.05, 3.63) is 0 Å². The Balaban J connectivity index is 3.59. The predicted molar refractivity (Wildman–Crippen MR) is 125 cm³/mol. The number of ketones is 1. The standard InChI is InChI=1S/C25H46O8/c1-11-18-25(9,30)21(28)15(5)19(26)14(4)12-24(8,31-10)22(32-13(2)3)16(6)20(27)17(7)23(29)33-18/h13-18,20-22,27-28,30H,11-12H2,1-10H3/t14-,15+,16+,17-,18?,20-,21+,22-,24+,25-/m1/s1. The van der Waals surface area contributed by atoms with Gasteiger partial charge in [-0.1, -0.05) is 27.7 Å². The van der Waals surface area contributed by atoms with Gasteiger partial charge in [0.25, 0.3) is 0 Å². The van der Waals surface area contributed by atoms with Gasteiger partial charge in [0, 0.05) is 24.9 Å². The fourth-order valence-electron chi connectivity index (χ4n) is 5.08. The average molecular weight is 475 g/mol. The van der Waals surface area contributed by atoms with Gasteiger partial charge in [0.15, 0.2) is 0 Å². The first-order chi connectivity index (χ1) is 15.0. The summed E-state index contributed by atoms with van der Waals surface area (Å²) in [5.41, 5.74) is -2.82. The highest BCUT2D eigenvalue weighted by Gasteiger charge is 2.50. The van der Waals surface area contributed by atoms with Gasteiger partial charge >= 0.3 is 5.97 Å². The number of hydrogen-bond acceptors (Lipinski definition) is 8. The fraction of sp³-hybridized carbons (Fsp3) is 0.920. The van der Waals surface area contributed by atoms with E-state index in [9.17, 15) is 24.9 Å². The van der Waals surface area contributed by atoms with E-state index in [2.05, 4.69) is 0 Å². The second-order valence-electron chi connectivity index (χ2n) is 10.6. The number of cyclic esters (lactones) is 1. The molecule has 10 atom stereocenters. The number of methoxy groups -OCH3 is 1. The highest BCUT2D eigenvalue weighted by Crippen LogP contribution is 2.37. The number of Topliss-reactive ketones (excluding diaryl/α,β-unsaturated/α-hetero) is 1. The van der Waals surface area contributed by atoms with Gasteiger partial charge in [-0.15, -0.1) is 0 Å². The average Bonchev–Trinajstić information content (AvgIpc) is 2.76. The van der Waals surface area contributed by atoms with E-state index < -0.39 is 65.3 Å². The minimum Gasteiger partial charge on any atom is -0.459 e. The second kappa shape index (κ2) is 11.6. The molecule has 1 fully saturated rings. The summed E-state index contributed by atoms with van der Waals surface area (Å²) in [7, 11) is 1.53. The van der Waals surface area contributed by atoms with Gasteiger partial charge in [-0.25, -0.2) is 0 Å². The van der Waals surface area contributed by atoms with E-state index >= 15 is 0 Å². The first-order valence-corrected chi connectivity index (χ1v) is 12.1. The van der Waals surface area contributed by atoms with Crippen LogP contribution in [-0.4, -0.2) is 75.9 Å². The Labute approximate surface area is 199 Å². The summed E-state index contributed by atoms with van der Waals surface area (Å²) in [6, 6.07) is 0. The Bertz CT molecular complexity index is 663. The van der Waals surface area contributed by atoms with Crippen LogP contribution in [0.4, 0.5) is 0 Å². The first-order valence-electron chi connectivity index (χ1n) is 12.1. The predicted octanol–water partition coefficient (Wildman–Crippen LogP) is 2.50. The van der Waals surface area contributed by atoms with Crippen LogP contribution < -0.4 is 0 Å². The smallest absolute Gasteiger partial charge is 0.311 e. The summed E-state index contributed by atoms with van der Waals surface area (Å²) >= 11 is 0. The van der Waals surface area contributed by atoms with Gasteiger partial charge in [-0.05, 0) is 47.5 Å². The third kappa shape index (κ3) is 6.54. The number of aliphatic hydroxyl groups is 3. The number of esters is 1. The van der Waals surface area contributed by atoms with Crippen LogP contribution in [0.25, 0.3) is 0 Å². The molecule has 0 spiro atoms. The van der Waals surface area contributed by atoms with Crippen LogP contribution in [0.3, 0.4) is 0 Å². The largest absolute Gasteiger partial charge is 0.459 e. The van der Waals surface area contributed by atoms with Gasteiger partial charge in [0.2, 0.25) is 0 Å². The van der Waals surface area contributed by atoms with Crippen molar-refractivity contribution in [2.45, 2.75) is 117 Å². The summed E-state index contributed by atoms with van der Waals surface area (Å²) in [5, 5.41) is 33.2. The van der Waals surface area contributed by atoms with Crippen molar-refractivity contribution < 1.29 is 39.1 Å². The summed E-state index contributed by atoms with van der Waals surface area (Å²) in [6.45, 7) is 15.4. The lowest BCUT2D eigenvalue weighted by molar-refractivity contribution is -0.202. The molecule has 0 aromatic rings. The molecular formula is C25H46O8. The highest BCUT2D eigenvalue weighted by atomic mass is 16.6. The maximum absolute atomic E-state index is 13.3. The van der Waals surface area contributed by atoms with Crippen LogP contribution in [0, 0.1) is 23.7 Å². The molecule has 194 valence electrons. The molecule has 1 heterocycles. The number of carbonyl (C=O) groups is 2. The Hall–Kier alpha value is -1.06. The zero-order valence-corrected chi connectivity index (χ0v) is 22.0. The van der Waals surface area contributed by atoms with Gasteiger partial charge in [-0.2, -0.15) is 0 Å². The third-order valence-corrected chi connectivity index (χ3v) is 7.39. The Morgan fingerprint density at radius 1 is 1.09 bits per heavy atom. The molecule has 8 nitrogen and oxygen atoms in total. The molecule has 0 aromatic heterocycles. The molecule has 0 aliphatic carbocycles. The Morgan fingerprint density at radius 2 is 1.64 bits per heavy atom. The lowest BCUT2D eigenvalue weighted by Gasteiger charge is -2.45. The third-order valence-electron chi connectivity index (χ3n) is 7.39. The van der Waals surface area contributed by atoms with Crippen LogP contribution in [-0.2, 0) is 23.8 Å². The van der Waals surface area contributed by atoms with Gasteiger partial charge in [0.1, 0.15) is 17.5 Å². The van der Waals surface area contributed by atoms with Crippen molar-refractivity contribution in [2.75, 3.05) is 7.11 Å². The summed E-state index contributed by atoms with van der Waals surface area (Å²) in [6.07, 6.45) is -3.95. The zero-order valence-electron chi connectivity index (χ0n) is 22.0. The molecule has 0 radical (unpaired) electrons. The SMILES string of the molecule is CCC1OC(=O)[C@H](C)[C@H](O)[C@H](C)[C@@H](OC(C)C)[C@@](C)(OC)C[C@@H](C)C(=O)[C@H](C)[C@H](O)[C@]1(C)O. The van der Waals surface area contributed by atoms with E-state index in [0.29, 0.717) is 0 Å². The molecule has 1 unspecified atom stereocenters. The van der Waals surface area contributed by atoms with E-state index in [0.717, 1.165) is 0 Å². The number of rotatable bonds is 4. The van der Waals surface area contributed by atoms with E-state index in [1.54, 1.807) is 34.6 Å². The molecule has 1 aliphatic heterocycles. The molecule has 8 heteroatoms. The first kappa shape index (κ1) is 30.0. The van der Waals surface area contributed by atoms with Crippen LogP contribution in [0.15, 0.2) is 0 Å². The molecule has 33 heavy (non-hydrogen) atoms. The number of aliphatic hydroxyl groups excluding tert-OH is 2. The highest BCUT2D eigenvalue weighted by molar-refractivity contribution is 5.83. The van der Waals surface area contributed by atoms with E-state index in [1.165, 1.54) is 14.0 Å². The number of ether oxygens (including phenoxy) is 3. The maximum atomic E-state index is 13.3. The van der Waals surface area contributed by atoms with E-state index in [-0.39, 0.29) is 24.7 Å². The summed E-state index contributed by atoms with van der Waals surface area (Å²) < 4.78 is 17.6. The number of hydrogen-bond donors (Lipinski definition) is 3. The molecular weight excluding hydrogens is 428 g/mol. The lowest BCUT2D eigenvalue weighted by Crippen LogP contribution is -2.57. The molecule has 0 bridgehead atoms. The van der Waals surface area contributed by atoms with Crippen LogP contribution >= 0.6 is 0 Å². The quantitative estimate of drug-likeness (QED) is 0.531. The molecule has 3 N–H and O–H groups in total.